The van der Waals surface area contributed by atoms with E-state index in [1.54, 1.807) is 0 Å². The summed E-state index contributed by atoms with van der Waals surface area (Å²) in [6.07, 6.45) is 0. The lowest BCUT2D eigenvalue weighted by atomic mass is 9.97. The maximum Gasteiger partial charge on any atom is 0.164 e. The summed E-state index contributed by atoms with van der Waals surface area (Å²) in [6, 6.07) is 56.3. The highest BCUT2D eigenvalue weighted by Crippen LogP contribution is 2.39. The molecule has 0 spiro atoms. The van der Waals surface area contributed by atoms with Crippen LogP contribution in [0.4, 0.5) is 0 Å². The highest BCUT2D eigenvalue weighted by Gasteiger charge is 2.18. The third-order valence-corrected chi connectivity index (χ3v) is 8.76. The first-order valence-electron chi connectivity index (χ1n) is 15.7. The molecule has 4 heteroatoms. The molecule has 7 aromatic carbocycles. The van der Waals surface area contributed by atoms with Gasteiger partial charge in [0.2, 0.25) is 0 Å². The molecule has 0 bridgehead atoms. The van der Waals surface area contributed by atoms with E-state index in [2.05, 4.69) is 115 Å². The monoisotopic (exact) mass is 601 g/mol. The van der Waals surface area contributed by atoms with Gasteiger partial charge in [0.15, 0.2) is 17.5 Å². The van der Waals surface area contributed by atoms with Crippen molar-refractivity contribution < 1.29 is 4.42 Å². The van der Waals surface area contributed by atoms with Gasteiger partial charge >= 0.3 is 0 Å². The summed E-state index contributed by atoms with van der Waals surface area (Å²) in [7, 11) is 0. The van der Waals surface area contributed by atoms with Gasteiger partial charge < -0.3 is 4.42 Å². The van der Waals surface area contributed by atoms with Crippen LogP contribution in [0.5, 0.6) is 0 Å². The van der Waals surface area contributed by atoms with Gasteiger partial charge in [-0.1, -0.05) is 146 Å². The molecule has 9 aromatic rings. The summed E-state index contributed by atoms with van der Waals surface area (Å²) in [5, 5.41) is 4.44. The summed E-state index contributed by atoms with van der Waals surface area (Å²) in [5.41, 5.74) is 8.99. The van der Waals surface area contributed by atoms with Crippen molar-refractivity contribution in [2.24, 2.45) is 0 Å². The number of nitrogens with zero attached hydrogens (tertiary/aromatic N) is 3. The van der Waals surface area contributed by atoms with Crippen molar-refractivity contribution in [2.45, 2.75) is 0 Å². The zero-order valence-corrected chi connectivity index (χ0v) is 25.3. The number of fused-ring (bicyclic) bond motifs is 4. The van der Waals surface area contributed by atoms with Gasteiger partial charge in [-0.2, -0.15) is 0 Å². The van der Waals surface area contributed by atoms with Gasteiger partial charge in [0.05, 0.1) is 0 Å². The molecule has 220 valence electrons. The molecule has 9 rings (SSSR count). The number of furan rings is 1. The Balaban J connectivity index is 1.20. The van der Waals surface area contributed by atoms with Crippen LogP contribution in [0.2, 0.25) is 0 Å². The lowest BCUT2D eigenvalue weighted by molar-refractivity contribution is 0.669. The summed E-state index contributed by atoms with van der Waals surface area (Å²) in [5.74, 6) is 1.85. The van der Waals surface area contributed by atoms with Crippen molar-refractivity contribution in [1.82, 2.24) is 15.0 Å². The van der Waals surface area contributed by atoms with Crippen LogP contribution in [0.25, 0.3) is 89.1 Å². The third kappa shape index (κ3) is 4.84. The van der Waals surface area contributed by atoms with Crippen LogP contribution in [-0.4, -0.2) is 15.0 Å². The maximum atomic E-state index is 6.50. The Morgan fingerprint density at radius 2 is 0.894 bits per heavy atom. The number of hydrogen-bond donors (Lipinski definition) is 0. The van der Waals surface area contributed by atoms with Crippen LogP contribution < -0.4 is 0 Å². The smallest absolute Gasteiger partial charge is 0.164 e. The van der Waals surface area contributed by atoms with Gasteiger partial charge in [0, 0.05) is 27.5 Å². The van der Waals surface area contributed by atoms with Gasteiger partial charge in [-0.05, 0) is 51.2 Å². The molecule has 0 amide bonds. The second-order valence-electron chi connectivity index (χ2n) is 11.6. The highest BCUT2D eigenvalue weighted by molar-refractivity contribution is 6.13. The highest BCUT2D eigenvalue weighted by atomic mass is 16.3. The third-order valence-electron chi connectivity index (χ3n) is 8.76. The lowest BCUT2D eigenvalue weighted by Gasteiger charge is -2.10. The lowest BCUT2D eigenvalue weighted by Crippen LogP contribution is -2.00. The second-order valence-corrected chi connectivity index (χ2v) is 11.6. The molecule has 0 unspecified atom stereocenters. The normalized spacial score (nSPS) is 11.4. The van der Waals surface area contributed by atoms with Gasteiger partial charge in [0.25, 0.3) is 0 Å². The van der Waals surface area contributed by atoms with Crippen molar-refractivity contribution in [1.29, 1.82) is 0 Å². The minimum atomic E-state index is 0.604. The fourth-order valence-electron chi connectivity index (χ4n) is 6.44. The maximum absolute atomic E-state index is 6.50. The van der Waals surface area contributed by atoms with Gasteiger partial charge in [-0.3, -0.25) is 0 Å². The molecule has 0 aliphatic heterocycles. The largest absolute Gasteiger partial charge is 0.456 e. The number of hydrogen-bond acceptors (Lipinski definition) is 4. The molecule has 2 heterocycles. The Kier molecular flexibility index (Phi) is 6.43. The minimum absolute atomic E-state index is 0.604. The van der Waals surface area contributed by atoms with Crippen molar-refractivity contribution in [3.05, 3.63) is 164 Å². The number of benzene rings is 7. The summed E-state index contributed by atoms with van der Waals surface area (Å²) in [6.45, 7) is 0. The standard InChI is InChI=1S/C43H27N3O/c1-3-11-28(12-4-1)29-21-23-32(24-22-29)42-44-41(31-14-5-2-6-15-31)45-43(46-42)37-19-10-20-38-40(37)36-26-25-33(27-39(36)47-38)35-18-9-16-30-13-7-8-17-34(30)35/h1-27H. The predicted molar refractivity (Wildman–Crippen MR) is 192 cm³/mol. The predicted octanol–water partition coefficient (Wildman–Crippen LogP) is 11.3. The molecular weight excluding hydrogens is 574 g/mol. The minimum Gasteiger partial charge on any atom is -0.456 e. The summed E-state index contributed by atoms with van der Waals surface area (Å²) < 4.78 is 6.50. The fraction of sp³-hybridized carbons (Fsp3) is 0. The average molecular weight is 602 g/mol. The SMILES string of the molecule is c1ccc(-c2ccc(-c3nc(-c4ccccc4)nc(-c4cccc5oc6cc(-c7cccc8ccccc78)ccc6c45)n3)cc2)cc1. The zero-order chi connectivity index (χ0) is 31.2. The van der Waals surface area contributed by atoms with E-state index in [0.717, 1.165) is 49.8 Å². The average Bonchev–Trinajstić information content (AvgIpc) is 3.53. The first-order chi connectivity index (χ1) is 23.3. The molecule has 0 fully saturated rings. The van der Waals surface area contributed by atoms with Crippen LogP contribution in [0, 0.1) is 0 Å². The Hall–Kier alpha value is -6.39. The summed E-state index contributed by atoms with van der Waals surface area (Å²) >= 11 is 0. The van der Waals surface area contributed by atoms with Gasteiger partial charge in [-0.15, -0.1) is 0 Å². The molecule has 0 radical (unpaired) electrons. The molecule has 0 saturated heterocycles. The van der Waals surface area contributed by atoms with Gasteiger partial charge in [-0.25, -0.2) is 15.0 Å². The van der Waals surface area contributed by atoms with E-state index >= 15 is 0 Å². The molecule has 0 aliphatic carbocycles. The van der Waals surface area contributed by atoms with E-state index in [1.807, 2.05) is 48.5 Å². The molecular formula is C43H27N3O. The van der Waals surface area contributed by atoms with Crippen LogP contribution >= 0.6 is 0 Å². The van der Waals surface area contributed by atoms with E-state index in [-0.39, 0.29) is 0 Å². The Morgan fingerprint density at radius 3 is 1.68 bits per heavy atom. The molecule has 4 nitrogen and oxygen atoms in total. The van der Waals surface area contributed by atoms with Crippen LogP contribution in [0.15, 0.2) is 168 Å². The van der Waals surface area contributed by atoms with E-state index < -0.39 is 0 Å². The first-order valence-corrected chi connectivity index (χ1v) is 15.7. The van der Waals surface area contributed by atoms with Crippen LogP contribution in [0.3, 0.4) is 0 Å². The van der Waals surface area contributed by atoms with Crippen molar-refractivity contribution in [3.8, 4) is 56.4 Å². The summed E-state index contributed by atoms with van der Waals surface area (Å²) in [4.78, 5) is 15.1. The van der Waals surface area contributed by atoms with E-state index in [4.69, 9.17) is 19.4 Å². The van der Waals surface area contributed by atoms with E-state index in [0.29, 0.717) is 17.5 Å². The van der Waals surface area contributed by atoms with Crippen molar-refractivity contribution in [3.63, 3.8) is 0 Å². The van der Waals surface area contributed by atoms with Crippen molar-refractivity contribution in [2.75, 3.05) is 0 Å². The quantitative estimate of drug-likeness (QED) is 0.197. The molecule has 0 aliphatic rings. The Morgan fingerprint density at radius 1 is 0.340 bits per heavy atom. The number of rotatable bonds is 5. The molecule has 0 saturated carbocycles. The number of aromatic nitrogens is 3. The van der Waals surface area contributed by atoms with E-state index in [1.165, 1.54) is 21.9 Å². The van der Waals surface area contributed by atoms with Crippen LogP contribution in [-0.2, 0) is 0 Å². The first kappa shape index (κ1) is 27.0. The molecule has 2 aromatic heterocycles. The molecule has 0 atom stereocenters. The molecule has 47 heavy (non-hydrogen) atoms. The fourth-order valence-corrected chi connectivity index (χ4v) is 6.44. The van der Waals surface area contributed by atoms with Crippen molar-refractivity contribution >= 4 is 32.7 Å². The van der Waals surface area contributed by atoms with Gasteiger partial charge in [0.1, 0.15) is 11.2 Å². The topological polar surface area (TPSA) is 51.8 Å². The van der Waals surface area contributed by atoms with Crippen LogP contribution in [0.1, 0.15) is 0 Å². The molecule has 0 N–H and O–H groups in total. The zero-order valence-electron chi connectivity index (χ0n) is 25.3. The second kappa shape index (κ2) is 11.2. The Labute approximate surface area is 271 Å². The van der Waals surface area contributed by atoms with E-state index in [9.17, 15) is 0 Å². The Bertz CT molecular complexity index is 2550.